The van der Waals surface area contributed by atoms with E-state index in [1.165, 1.54) is 24.3 Å². The van der Waals surface area contributed by atoms with Crippen molar-refractivity contribution in [3.63, 3.8) is 0 Å². The van der Waals surface area contributed by atoms with Crippen molar-refractivity contribution >= 4 is 11.7 Å². The fourth-order valence-corrected chi connectivity index (χ4v) is 2.04. The molecule has 0 amide bonds. The summed E-state index contributed by atoms with van der Waals surface area (Å²) >= 11 is 0. The average Bonchev–Trinajstić information content (AvgIpc) is 2.43. The van der Waals surface area contributed by atoms with E-state index in [0.717, 1.165) is 0 Å². The molecule has 0 radical (unpaired) electrons. The second kappa shape index (κ2) is 7.55. The number of carboxylic acid groups (broad SMARTS) is 1. The van der Waals surface area contributed by atoms with Crippen LogP contribution in [-0.2, 0) is 4.74 Å². The van der Waals surface area contributed by atoms with Gasteiger partial charge in [-0.05, 0) is 24.6 Å². The molecule has 0 bridgehead atoms. The van der Waals surface area contributed by atoms with Gasteiger partial charge in [0, 0.05) is 5.69 Å². The summed E-state index contributed by atoms with van der Waals surface area (Å²) in [6, 6.07) is 5.68. The van der Waals surface area contributed by atoms with Crippen molar-refractivity contribution in [1.29, 1.82) is 0 Å². The van der Waals surface area contributed by atoms with Crippen LogP contribution in [0.15, 0.2) is 24.3 Å². The number of aliphatic hydroxyl groups excluding tert-OH is 3. The molecule has 1 aliphatic rings. The minimum Gasteiger partial charge on any atom is -0.545 e. The van der Waals surface area contributed by atoms with Crippen LogP contribution in [0.5, 0.6) is 0 Å². The molecule has 0 aliphatic carbocycles. The largest absolute Gasteiger partial charge is 1.00 e. The zero-order valence-corrected chi connectivity index (χ0v) is 13.8. The molecule has 1 saturated heterocycles. The van der Waals surface area contributed by atoms with Gasteiger partial charge in [0.1, 0.15) is 18.3 Å². The summed E-state index contributed by atoms with van der Waals surface area (Å²) in [5, 5.41) is 42.5. The number of aliphatic hydroxyl groups is 3. The number of hydrogen-bond donors (Lipinski definition) is 4. The first-order chi connectivity index (χ1) is 9.40. The molecule has 0 saturated carbocycles. The van der Waals surface area contributed by atoms with E-state index in [1.807, 2.05) is 0 Å². The Morgan fingerprint density at radius 2 is 1.71 bits per heavy atom. The Morgan fingerprint density at radius 1 is 1.14 bits per heavy atom. The number of carbonyl (C=O) groups excluding carboxylic acids is 1. The fourth-order valence-electron chi connectivity index (χ4n) is 2.04. The number of anilines is 1. The van der Waals surface area contributed by atoms with Gasteiger partial charge in [0.2, 0.25) is 0 Å². The van der Waals surface area contributed by atoms with Crippen LogP contribution in [0.2, 0.25) is 0 Å². The van der Waals surface area contributed by atoms with Crippen molar-refractivity contribution in [2.45, 2.75) is 37.6 Å². The molecular formula is C13H16NNaO6. The maximum Gasteiger partial charge on any atom is 1.00 e. The van der Waals surface area contributed by atoms with E-state index in [0.29, 0.717) is 5.69 Å². The second-order valence-corrected chi connectivity index (χ2v) is 4.74. The fraction of sp³-hybridized carbons (Fsp3) is 0.462. The summed E-state index contributed by atoms with van der Waals surface area (Å²) in [5.74, 6) is -1.28. The van der Waals surface area contributed by atoms with Crippen LogP contribution in [0.3, 0.4) is 0 Å². The van der Waals surface area contributed by atoms with Crippen molar-refractivity contribution in [2.24, 2.45) is 0 Å². The van der Waals surface area contributed by atoms with Gasteiger partial charge in [-0.25, -0.2) is 0 Å². The van der Waals surface area contributed by atoms with Crippen LogP contribution >= 0.6 is 0 Å². The van der Waals surface area contributed by atoms with E-state index >= 15 is 0 Å². The summed E-state index contributed by atoms with van der Waals surface area (Å²) in [6.07, 6.45) is -5.34. The molecular weight excluding hydrogens is 289 g/mol. The van der Waals surface area contributed by atoms with Crippen LogP contribution in [0, 0.1) is 0 Å². The van der Waals surface area contributed by atoms with Gasteiger partial charge in [-0.2, -0.15) is 0 Å². The molecule has 1 heterocycles. The number of nitrogens with one attached hydrogen (secondary N) is 1. The topological polar surface area (TPSA) is 122 Å². The van der Waals surface area contributed by atoms with E-state index in [-0.39, 0.29) is 35.1 Å². The predicted octanol–water partition coefficient (Wildman–Crippen LogP) is -4.71. The Kier molecular flexibility index (Phi) is 6.61. The van der Waals surface area contributed by atoms with Crippen molar-refractivity contribution in [1.82, 2.24) is 0 Å². The Balaban J connectivity index is 0.00000220. The van der Waals surface area contributed by atoms with Gasteiger partial charge in [0.25, 0.3) is 0 Å². The summed E-state index contributed by atoms with van der Waals surface area (Å²) in [5.41, 5.74) is 0.541. The third-order valence-electron chi connectivity index (χ3n) is 3.28. The molecule has 8 heteroatoms. The number of ether oxygens (including phenoxy) is 1. The first kappa shape index (κ1) is 18.4. The van der Waals surface area contributed by atoms with E-state index < -0.39 is 36.6 Å². The van der Waals surface area contributed by atoms with E-state index in [4.69, 9.17) is 4.74 Å². The first-order valence-electron chi connectivity index (χ1n) is 6.17. The Labute approximate surface area is 143 Å². The molecule has 4 N–H and O–H groups in total. The molecule has 7 nitrogen and oxygen atoms in total. The monoisotopic (exact) mass is 305 g/mol. The molecule has 0 aromatic heterocycles. The third kappa shape index (κ3) is 4.17. The predicted molar refractivity (Wildman–Crippen MR) is 66.8 cm³/mol. The van der Waals surface area contributed by atoms with Gasteiger partial charge in [0.15, 0.2) is 6.23 Å². The molecule has 1 aromatic carbocycles. The SMILES string of the molecule is C[C@@H]1O[C@H](Nc2ccc(C(=O)[O-])cc2)[C@@H](O)[C@@H](O)[C@@H]1O.[Na+]. The molecule has 1 aliphatic heterocycles. The summed E-state index contributed by atoms with van der Waals surface area (Å²) in [7, 11) is 0. The number of hydrogen-bond acceptors (Lipinski definition) is 7. The summed E-state index contributed by atoms with van der Waals surface area (Å²) in [6.45, 7) is 1.58. The normalized spacial score (nSPS) is 32.1. The smallest absolute Gasteiger partial charge is 0.545 e. The van der Waals surface area contributed by atoms with Gasteiger partial charge in [0.05, 0.1) is 12.1 Å². The molecule has 0 unspecified atom stereocenters. The average molecular weight is 305 g/mol. The Morgan fingerprint density at radius 3 is 2.24 bits per heavy atom. The van der Waals surface area contributed by atoms with Gasteiger partial charge in [-0.3, -0.25) is 0 Å². The van der Waals surface area contributed by atoms with Crippen LogP contribution in [0.4, 0.5) is 5.69 Å². The first-order valence-corrected chi connectivity index (χ1v) is 6.17. The standard InChI is InChI=1S/C13H17NO6.Na/c1-6-9(15)10(16)11(17)12(20-6)14-8-4-2-7(3-5-8)13(18)19;/h2-6,9-12,14-17H,1H3,(H,18,19);/q;+1/p-1/t6-,9+,10-,11-,12-;/m0./s1. The second-order valence-electron chi connectivity index (χ2n) is 4.74. The van der Waals surface area contributed by atoms with Gasteiger partial charge >= 0.3 is 29.6 Å². The summed E-state index contributed by atoms with van der Waals surface area (Å²) in [4.78, 5) is 10.6. The third-order valence-corrected chi connectivity index (χ3v) is 3.28. The molecule has 1 aromatic rings. The summed E-state index contributed by atoms with van der Waals surface area (Å²) < 4.78 is 5.36. The van der Waals surface area contributed by atoms with Crippen molar-refractivity contribution in [2.75, 3.05) is 5.32 Å². The quantitative estimate of drug-likeness (QED) is 0.414. The number of aromatic carboxylic acids is 1. The maximum absolute atomic E-state index is 10.6. The number of benzene rings is 1. The molecule has 110 valence electrons. The Hall–Kier alpha value is -0.670. The Bertz CT molecular complexity index is 482. The maximum atomic E-state index is 10.6. The van der Waals surface area contributed by atoms with E-state index in [1.54, 1.807) is 6.92 Å². The van der Waals surface area contributed by atoms with Crippen LogP contribution in [0.1, 0.15) is 17.3 Å². The molecule has 0 spiro atoms. The molecule has 1 fully saturated rings. The zero-order chi connectivity index (χ0) is 14.9. The van der Waals surface area contributed by atoms with Crippen molar-refractivity contribution in [3.8, 4) is 0 Å². The number of rotatable bonds is 3. The zero-order valence-electron chi connectivity index (χ0n) is 11.8. The van der Waals surface area contributed by atoms with Gasteiger partial charge in [-0.1, -0.05) is 12.1 Å². The van der Waals surface area contributed by atoms with Crippen molar-refractivity contribution in [3.05, 3.63) is 29.8 Å². The van der Waals surface area contributed by atoms with E-state index in [9.17, 15) is 25.2 Å². The minimum atomic E-state index is -1.32. The van der Waals surface area contributed by atoms with Crippen LogP contribution < -0.4 is 40.0 Å². The van der Waals surface area contributed by atoms with E-state index in [2.05, 4.69) is 5.32 Å². The van der Waals surface area contributed by atoms with Crippen LogP contribution in [-0.4, -0.2) is 51.9 Å². The molecule has 5 atom stereocenters. The minimum absolute atomic E-state index is 0. The van der Waals surface area contributed by atoms with Gasteiger partial charge < -0.3 is 35.3 Å². The molecule has 21 heavy (non-hydrogen) atoms. The number of carbonyl (C=O) groups is 1. The van der Waals surface area contributed by atoms with Crippen LogP contribution in [0.25, 0.3) is 0 Å². The number of carboxylic acids is 1. The van der Waals surface area contributed by atoms with Crippen molar-refractivity contribution < 1.29 is 59.5 Å². The van der Waals surface area contributed by atoms with Gasteiger partial charge in [-0.15, -0.1) is 0 Å². The molecule has 2 rings (SSSR count).